The number of amides is 1. The van der Waals surface area contributed by atoms with Gasteiger partial charge in [0.15, 0.2) is 6.10 Å². The van der Waals surface area contributed by atoms with E-state index in [1.807, 2.05) is 38.1 Å². The highest BCUT2D eigenvalue weighted by atomic mass is 32.2. The molecular formula is C21H24FNO3S. The molecule has 0 bridgehead atoms. The van der Waals surface area contributed by atoms with Crippen molar-refractivity contribution >= 4 is 29.3 Å². The van der Waals surface area contributed by atoms with Crippen molar-refractivity contribution in [2.75, 3.05) is 11.1 Å². The number of halogens is 1. The minimum absolute atomic E-state index is 0.169. The van der Waals surface area contributed by atoms with Gasteiger partial charge in [-0.25, -0.2) is 4.39 Å². The number of ether oxygens (including phenoxy) is 1. The molecule has 27 heavy (non-hydrogen) atoms. The molecule has 0 fully saturated rings. The SMILES string of the molecule is CC(C)c1ccccc1NC(=O)[C@H](C)OC(=O)CCSc1ccc(F)cc1. The van der Waals surface area contributed by atoms with Crippen LogP contribution in [0.3, 0.4) is 0 Å². The predicted molar refractivity (Wildman–Crippen MR) is 106 cm³/mol. The Hall–Kier alpha value is -2.34. The van der Waals surface area contributed by atoms with E-state index in [4.69, 9.17) is 4.74 Å². The standard InChI is InChI=1S/C21H24FNO3S/c1-14(2)18-6-4-5-7-19(18)23-21(25)15(3)26-20(24)12-13-27-17-10-8-16(22)9-11-17/h4-11,14-15H,12-13H2,1-3H3,(H,23,25)/t15-/m0/s1. The van der Waals surface area contributed by atoms with Crippen molar-refractivity contribution in [3.05, 3.63) is 59.9 Å². The van der Waals surface area contributed by atoms with E-state index in [0.717, 1.165) is 16.1 Å². The van der Waals surface area contributed by atoms with Gasteiger partial charge in [0.1, 0.15) is 5.82 Å². The number of carbonyl (C=O) groups is 2. The molecule has 0 aliphatic carbocycles. The first-order valence-corrected chi connectivity index (χ1v) is 9.83. The van der Waals surface area contributed by atoms with Gasteiger partial charge < -0.3 is 10.1 Å². The second kappa shape index (κ2) is 10.1. The van der Waals surface area contributed by atoms with Crippen LogP contribution in [0.5, 0.6) is 0 Å². The third-order valence-electron chi connectivity index (χ3n) is 3.91. The van der Waals surface area contributed by atoms with E-state index in [9.17, 15) is 14.0 Å². The highest BCUT2D eigenvalue weighted by Gasteiger charge is 2.19. The summed E-state index contributed by atoms with van der Waals surface area (Å²) in [6.45, 7) is 5.65. The molecule has 1 amide bonds. The number of nitrogens with one attached hydrogen (secondary N) is 1. The van der Waals surface area contributed by atoms with Gasteiger partial charge >= 0.3 is 5.97 Å². The summed E-state index contributed by atoms with van der Waals surface area (Å²) in [6.07, 6.45) is -0.712. The van der Waals surface area contributed by atoms with Gasteiger partial charge in [0.2, 0.25) is 0 Å². The largest absolute Gasteiger partial charge is 0.453 e. The fraction of sp³-hybridized carbons (Fsp3) is 0.333. The number of anilines is 1. The van der Waals surface area contributed by atoms with Crippen LogP contribution in [0.1, 0.15) is 38.7 Å². The second-order valence-electron chi connectivity index (χ2n) is 6.42. The van der Waals surface area contributed by atoms with Crippen molar-refractivity contribution < 1.29 is 18.7 Å². The number of esters is 1. The van der Waals surface area contributed by atoms with Gasteiger partial charge in [0, 0.05) is 16.3 Å². The van der Waals surface area contributed by atoms with Crippen LogP contribution in [0.15, 0.2) is 53.4 Å². The number of para-hydroxylation sites is 1. The third-order valence-corrected chi connectivity index (χ3v) is 4.92. The average molecular weight is 389 g/mol. The Morgan fingerprint density at radius 1 is 1.07 bits per heavy atom. The normalized spacial score (nSPS) is 11.9. The van der Waals surface area contributed by atoms with Gasteiger partial charge in [0.25, 0.3) is 5.91 Å². The van der Waals surface area contributed by atoms with E-state index in [1.54, 1.807) is 19.1 Å². The quantitative estimate of drug-likeness (QED) is 0.510. The Balaban J connectivity index is 1.80. The summed E-state index contributed by atoms with van der Waals surface area (Å²) in [6, 6.07) is 13.6. The molecule has 0 saturated carbocycles. The number of benzene rings is 2. The van der Waals surface area contributed by atoms with Crippen LogP contribution in [0.25, 0.3) is 0 Å². The van der Waals surface area contributed by atoms with Gasteiger partial charge in [-0.2, -0.15) is 0 Å². The van der Waals surface area contributed by atoms with Gasteiger partial charge in [-0.05, 0) is 48.7 Å². The highest BCUT2D eigenvalue weighted by molar-refractivity contribution is 7.99. The lowest BCUT2D eigenvalue weighted by Crippen LogP contribution is -2.30. The maximum absolute atomic E-state index is 12.9. The van der Waals surface area contributed by atoms with Crippen molar-refractivity contribution in [1.82, 2.24) is 0 Å². The Labute approximate surface area is 163 Å². The topological polar surface area (TPSA) is 55.4 Å². The van der Waals surface area contributed by atoms with Gasteiger partial charge in [-0.3, -0.25) is 9.59 Å². The number of hydrogen-bond donors (Lipinski definition) is 1. The molecule has 4 nitrogen and oxygen atoms in total. The average Bonchev–Trinajstić information content (AvgIpc) is 2.63. The Bertz CT molecular complexity index is 777. The Kier molecular flexibility index (Phi) is 7.85. The molecule has 0 radical (unpaired) electrons. The number of rotatable bonds is 8. The molecule has 0 unspecified atom stereocenters. The molecule has 2 rings (SSSR count). The second-order valence-corrected chi connectivity index (χ2v) is 7.58. The predicted octanol–water partition coefficient (Wildman–Crippen LogP) is 5.00. The number of carbonyl (C=O) groups excluding carboxylic acids is 2. The third kappa shape index (κ3) is 6.71. The monoisotopic (exact) mass is 389 g/mol. The summed E-state index contributed by atoms with van der Waals surface area (Å²) >= 11 is 1.43. The van der Waals surface area contributed by atoms with Crippen LogP contribution in [-0.4, -0.2) is 23.7 Å². The molecule has 2 aromatic rings. The minimum atomic E-state index is -0.881. The van der Waals surface area contributed by atoms with Crippen molar-refractivity contribution in [2.24, 2.45) is 0 Å². The maximum Gasteiger partial charge on any atom is 0.307 e. The molecule has 0 aliphatic rings. The molecule has 2 aromatic carbocycles. The Morgan fingerprint density at radius 2 is 1.74 bits per heavy atom. The smallest absolute Gasteiger partial charge is 0.307 e. The maximum atomic E-state index is 12.9. The van der Waals surface area contributed by atoms with E-state index in [2.05, 4.69) is 5.32 Å². The molecule has 0 heterocycles. The van der Waals surface area contributed by atoms with E-state index < -0.39 is 12.1 Å². The number of thioether (sulfide) groups is 1. The Morgan fingerprint density at radius 3 is 2.41 bits per heavy atom. The van der Waals surface area contributed by atoms with Crippen LogP contribution in [0.2, 0.25) is 0 Å². The lowest BCUT2D eigenvalue weighted by molar-refractivity contribution is -0.152. The first-order chi connectivity index (χ1) is 12.9. The van der Waals surface area contributed by atoms with Crippen LogP contribution in [0.4, 0.5) is 10.1 Å². The van der Waals surface area contributed by atoms with E-state index in [-0.39, 0.29) is 24.1 Å². The van der Waals surface area contributed by atoms with Gasteiger partial charge in [-0.1, -0.05) is 32.0 Å². The summed E-state index contributed by atoms with van der Waals surface area (Å²) in [4.78, 5) is 25.2. The zero-order valence-corrected chi connectivity index (χ0v) is 16.5. The molecule has 0 saturated heterocycles. The molecule has 0 spiro atoms. The molecule has 1 N–H and O–H groups in total. The number of hydrogen-bond acceptors (Lipinski definition) is 4. The van der Waals surface area contributed by atoms with Crippen LogP contribution in [-0.2, 0) is 14.3 Å². The summed E-state index contributed by atoms with van der Waals surface area (Å²) in [5.74, 6) is -0.331. The summed E-state index contributed by atoms with van der Waals surface area (Å²) in [5.41, 5.74) is 1.76. The van der Waals surface area contributed by atoms with Crippen LogP contribution >= 0.6 is 11.8 Å². The van der Waals surface area contributed by atoms with Crippen LogP contribution in [0, 0.1) is 5.82 Å². The minimum Gasteiger partial charge on any atom is -0.453 e. The molecule has 144 valence electrons. The summed E-state index contributed by atoms with van der Waals surface area (Å²) in [7, 11) is 0. The van der Waals surface area contributed by atoms with Crippen molar-refractivity contribution in [2.45, 2.75) is 44.1 Å². The van der Waals surface area contributed by atoms with Crippen molar-refractivity contribution in [1.29, 1.82) is 0 Å². The van der Waals surface area contributed by atoms with Crippen LogP contribution < -0.4 is 5.32 Å². The molecule has 0 aliphatic heterocycles. The van der Waals surface area contributed by atoms with Crippen molar-refractivity contribution in [3.8, 4) is 0 Å². The molecular weight excluding hydrogens is 365 g/mol. The fourth-order valence-corrected chi connectivity index (χ4v) is 3.27. The van der Waals surface area contributed by atoms with E-state index >= 15 is 0 Å². The van der Waals surface area contributed by atoms with Gasteiger partial charge in [-0.15, -0.1) is 11.8 Å². The summed E-state index contributed by atoms with van der Waals surface area (Å²) < 4.78 is 18.1. The first kappa shape index (κ1) is 21.0. The molecule has 6 heteroatoms. The summed E-state index contributed by atoms with van der Waals surface area (Å²) in [5, 5.41) is 2.83. The first-order valence-electron chi connectivity index (χ1n) is 8.84. The van der Waals surface area contributed by atoms with E-state index in [1.165, 1.54) is 23.9 Å². The zero-order valence-electron chi connectivity index (χ0n) is 15.7. The fourth-order valence-electron chi connectivity index (χ4n) is 2.44. The molecule has 1 atom stereocenters. The van der Waals surface area contributed by atoms with E-state index in [0.29, 0.717) is 5.75 Å². The lowest BCUT2D eigenvalue weighted by Gasteiger charge is -2.17. The van der Waals surface area contributed by atoms with Crippen molar-refractivity contribution in [3.63, 3.8) is 0 Å². The lowest BCUT2D eigenvalue weighted by atomic mass is 10.0. The zero-order chi connectivity index (χ0) is 19.8. The highest BCUT2D eigenvalue weighted by Crippen LogP contribution is 2.24. The molecule has 0 aromatic heterocycles. The van der Waals surface area contributed by atoms with Gasteiger partial charge in [0.05, 0.1) is 6.42 Å².